The van der Waals surface area contributed by atoms with Gasteiger partial charge in [0.2, 0.25) is 0 Å². The van der Waals surface area contributed by atoms with Gasteiger partial charge in [-0.3, -0.25) is 0 Å². The molecule has 0 amide bonds. The summed E-state index contributed by atoms with van der Waals surface area (Å²) in [5, 5.41) is 9.32. The molecule has 0 fully saturated rings. The molecule has 0 aromatic heterocycles. The molecule has 1 N–H and O–H groups in total. The lowest BCUT2D eigenvalue weighted by molar-refractivity contribution is 0.273. The molecule has 0 radical (unpaired) electrons. The van der Waals surface area contributed by atoms with Gasteiger partial charge in [-0.15, -0.1) is 0 Å². The summed E-state index contributed by atoms with van der Waals surface area (Å²) >= 11 is 0. The van der Waals surface area contributed by atoms with Gasteiger partial charge in [0.15, 0.2) is 0 Å². The van der Waals surface area contributed by atoms with Crippen molar-refractivity contribution in [3.63, 3.8) is 0 Å². The molecule has 1 aliphatic rings. The zero-order chi connectivity index (χ0) is 16.9. The quantitative estimate of drug-likeness (QED) is 0.860. The Kier molecular flexibility index (Phi) is 5.41. The van der Waals surface area contributed by atoms with Gasteiger partial charge in [0.05, 0.1) is 14.2 Å². The van der Waals surface area contributed by atoms with Gasteiger partial charge in [0, 0.05) is 6.61 Å². The third kappa shape index (κ3) is 3.41. The topological polar surface area (TPSA) is 38.7 Å². The second kappa shape index (κ2) is 7.71. The number of aryl methyl sites for hydroxylation is 1. The van der Waals surface area contributed by atoms with E-state index in [-0.39, 0.29) is 6.61 Å². The minimum atomic E-state index is 0.247. The molecule has 128 valence electrons. The minimum absolute atomic E-state index is 0.247. The largest absolute Gasteiger partial charge is 0.497 e. The summed E-state index contributed by atoms with van der Waals surface area (Å²) in [6.45, 7) is 0.247. The number of hydrogen-bond donors (Lipinski definition) is 1. The van der Waals surface area contributed by atoms with Crippen molar-refractivity contribution < 1.29 is 14.6 Å². The lowest BCUT2D eigenvalue weighted by Crippen LogP contribution is -2.20. The van der Waals surface area contributed by atoms with Crippen LogP contribution in [0.3, 0.4) is 0 Å². The summed E-state index contributed by atoms with van der Waals surface area (Å²) in [5.41, 5.74) is 4.17. The second-order valence-corrected chi connectivity index (χ2v) is 6.46. The molecular formula is C21H26O3. The Labute approximate surface area is 144 Å². The van der Waals surface area contributed by atoms with E-state index in [1.807, 2.05) is 12.1 Å². The van der Waals surface area contributed by atoms with Crippen molar-refractivity contribution >= 4 is 0 Å². The highest BCUT2D eigenvalue weighted by Crippen LogP contribution is 2.45. The zero-order valence-corrected chi connectivity index (χ0v) is 14.5. The summed E-state index contributed by atoms with van der Waals surface area (Å²) in [6, 6.07) is 14.9. The van der Waals surface area contributed by atoms with Crippen molar-refractivity contribution in [2.45, 2.75) is 37.5 Å². The first kappa shape index (κ1) is 16.8. The maximum Gasteiger partial charge on any atom is 0.119 e. The van der Waals surface area contributed by atoms with Gasteiger partial charge >= 0.3 is 0 Å². The van der Waals surface area contributed by atoms with Crippen LogP contribution in [-0.2, 0) is 6.42 Å². The van der Waals surface area contributed by atoms with E-state index >= 15 is 0 Å². The Hall–Kier alpha value is -2.00. The predicted octanol–water partition coefficient (Wildman–Crippen LogP) is 4.29. The molecule has 2 atom stereocenters. The molecule has 0 unspecified atom stereocenters. The van der Waals surface area contributed by atoms with Gasteiger partial charge in [0.25, 0.3) is 0 Å². The Morgan fingerprint density at radius 2 is 1.71 bits per heavy atom. The van der Waals surface area contributed by atoms with E-state index in [1.165, 1.54) is 16.7 Å². The zero-order valence-electron chi connectivity index (χ0n) is 14.5. The Morgan fingerprint density at radius 1 is 1.00 bits per heavy atom. The number of rotatable bonds is 6. The van der Waals surface area contributed by atoms with E-state index < -0.39 is 0 Å². The highest BCUT2D eigenvalue weighted by Gasteiger charge is 2.30. The number of hydrogen-bond acceptors (Lipinski definition) is 3. The van der Waals surface area contributed by atoms with Crippen molar-refractivity contribution in [3.05, 3.63) is 59.2 Å². The van der Waals surface area contributed by atoms with Gasteiger partial charge in [-0.25, -0.2) is 0 Å². The van der Waals surface area contributed by atoms with E-state index in [0.717, 1.165) is 37.2 Å². The maximum absolute atomic E-state index is 9.32. The van der Waals surface area contributed by atoms with E-state index in [2.05, 4.69) is 30.3 Å². The molecule has 0 saturated heterocycles. The third-order valence-corrected chi connectivity index (χ3v) is 5.18. The van der Waals surface area contributed by atoms with Crippen molar-refractivity contribution in [2.75, 3.05) is 20.8 Å². The number of fused-ring (bicyclic) bond motifs is 1. The molecule has 0 aliphatic heterocycles. The van der Waals surface area contributed by atoms with E-state index in [0.29, 0.717) is 11.8 Å². The first-order valence-electron chi connectivity index (χ1n) is 8.68. The molecule has 3 rings (SSSR count). The second-order valence-electron chi connectivity index (χ2n) is 6.46. The molecule has 3 nitrogen and oxygen atoms in total. The lowest BCUT2D eigenvalue weighted by atomic mass is 9.70. The van der Waals surface area contributed by atoms with Crippen molar-refractivity contribution in [1.29, 1.82) is 0 Å². The summed E-state index contributed by atoms with van der Waals surface area (Å²) in [5.74, 6) is 2.76. The van der Waals surface area contributed by atoms with Crippen LogP contribution in [0.15, 0.2) is 42.5 Å². The number of aliphatic hydroxyl groups excluding tert-OH is 1. The predicted molar refractivity (Wildman–Crippen MR) is 96.1 cm³/mol. The van der Waals surface area contributed by atoms with Gasteiger partial charge in [-0.05, 0) is 78.5 Å². The maximum atomic E-state index is 9.32. The molecular weight excluding hydrogens is 300 g/mol. The van der Waals surface area contributed by atoms with Crippen LogP contribution in [0.1, 0.15) is 47.8 Å². The number of ether oxygens (including phenoxy) is 2. The van der Waals surface area contributed by atoms with Crippen molar-refractivity contribution in [1.82, 2.24) is 0 Å². The van der Waals surface area contributed by atoms with Gasteiger partial charge in [-0.2, -0.15) is 0 Å². The van der Waals surface area contributed by atoms with Gasteiger partial charge < -0.3 is 14.6 Å². The number of methoxy groups -OCH3 is 2. The molecule has 0 spiro atoms. The monoisotopic (exact) mass is 326 g/mol. The van der Waals surface area contributed by atoms with Crippen LogP contribution in [0.2, 0.25) is 0 Å². The van der Waals surface area contributed by atoms with E-state index in [1.54, 1.807) is 14.2 Å². The molecule has 2 aromatic carbocycles. The van der Waals surface area contributed by atoms with Crippen LogP contribution in [0.4, 0.5) is 0 Å². The minimum Gasteiger partial charge on any atom is -0.497 e. The van der Waals surface area contributed by atoms with E-state index in [4.69, 9.17) is 9.47 Å². The Bertz CT molecular complexity index is 663. The fourth-order valence-electron chi connectivity index (χ4n) is 3.93. The number of aliphatic hydroxyl groups is 1. The summed E-state index contributed by atoms with van der Waals surface area (Å²) in [6.07, 6.45) is 4.04. The summed E-state index contributed by atoms with van der Waals surface area (Å²) in [7, 11) is 3.41. The molecule has 0 bridgehead atoms. The van der Waals surface area contributed by atoms with Crippen LogP contribution < -0.4 is 9.47 Å². The Morgan fingerprint density at radius 3 is 2.38 bits per heavy atom. The highest BCUT2D eigenvalue weighted by molar-refractivity contribution is 5.43. The standard InChI is InChI=1S/C21H26O3/c1-23-17-8-5-15(6-9-17)19-11-7-16-14-18(24-2)10-12-20(16)21(19)4-3-13-22/h5-6,8-10,12,14,19,21-22H,3-4,7,11,13H2,1-2H3/t19-,21+/m0/s1. The fraction of sp³-hybridized carbons (Fsp3) is 0.429. The first-order chi connectivity index (χ1) is 11.8. The van der Waals surface area contributed by atoms with Crippen LogP contribution >= 0.6 is 0 Å². The lowest BCUT2D eigenvalue weighted by Gasteiger charge is -2.34. The van der Waals surface area contributed by atoms with Crippen LogP contribution in [0, 0.1) is 0 Å². The van der Waals surface area contributed by atoms with Gasteiger partial charge in [-0.1, -0.05) is 18.2 Å². The molecule has 24 heavy (non-hydrogen) atoms. The van der Waals surface area contributed by atoms with Crippen molar-refractivity contribution in [2.24, 2.45) is 0 Å². The molecule has 0 saturated carbocycles. The summed E-state index contributed by atoms with van der Waals surface area (Å²) in [4.78, 5) is 0. The molecule has 3 heteroatoms. The van der Waals surface area contributed by atoms with Crippen LogP contribution in [0.25, 0.3) is 0 Å². The SMILES string of the molecule is COc1ccc([C@@H]2CCc3cc(OC)ccc3[C@@H]2CCCO)cc1. The van der Waals surface area contributed by atoms with Crippen molar-refractivity contribution in [3.8, 4) is 11.5 Å². The van der Waals surface area contributed by atoms with Gasteiger partial charge in [0.1, 0.15) is 11.5 Å². The first-order valence-corrected chi connectivity index (χ1v) is 8.68. The molecule has 1 aliphatic carbocycles. The Balaban J connectivity index is 1.93. The smallest absolute Gasteiger partial charge is 0.119 e. The van der Waals surface area contributed by atoms with Crippen LogP contribution in [-0.4, -0.2) is 25.9 Å². The average Bonchev–Trinajstić information content (AvgIpc) is 2.65. The number of benzene rings is 2. The van der Waals surface area contributed by atoms with E-state index in [9.17, 15) is 5.11 Å². The summed E-state index contributed by atoms with van der Waals surface area (Å²) < 4.78 is 10.7. The third-order valence-electron chi connectivity index (χ3n) is 5.18. The fourth-order valence-corrected chi connectivity index (χ4v) is 3.93. The highest BCUT2D eigenvalue weighted by atomic mass is 16.5. The molecule has 0 heterocycles. The molecule has 2 aromatic rings. The normalized spacial score (nSPS) is 19.6. The van der Waals surface area contributed by atoms with Crippen LogP contribution in [0.5, 0.6) is 11.5 Å². The average molecular weight is 326 g/mol.